The van der Waals surface area contributed by atoms with Crippen molar-refractivity contribution in [3.8, 4) is 0 Å². The highest BCUT2D eigenvalue weighted by Crippen LogP contribution is 2.42. The quantitative estimate of drug-likeness (QED) is 0.0953. The molecule has 32 heavy (non-hydrogen) atoms. The van der Waals surface area contributed by atoms with Crippen molar-refractivity contribution in [2.75, 3.05) is 26.4 Å². The molecule has 4 N–H and O–H groups in total. The van der Waals surface area contributed by atoms with Crippen LogP contribution in [0.15, 0.2) is 36.5 Å². The highest BCUT2D eigenvalue weighted by atomic mass is 31.2. The van der Waals surface area contributed by atoms with E-state index < -0.39 is 26.5 Å². The molecule has 0 aromatic heterocycles. The summed E-state index contributed by atoms with van der Waals surface area (Å²) in [6.07, 6.45) is 21.4. The van der Waals surface area contributed by atoms with Gasteiger partial charge in [0.25, 0.3) is 0 Å². The summed E-state index contributed by atoms with van der Waals surface area (Å²) in [5.41, 5.74) is 5.16. The van der Waals surface area contributed by atoms with Crippen LogP contribution in [0.25, 0.3) is 0 Å². The van der Waals surface area contributed by atoms with Gasteiger partial charge in [-0.05, 0) is 38.5 Å². The van der Waals surface area contributed by atoms with Crippen LogP contribution in [0.5, 0.6) is 0 Å². The summed E-state index contributed by atoms with van der Waals surface area (Å²) < 4.78 is 25.5. The van der Waals surface area contributed by atoms with Crippen LogP contribution in [0.1, 0.15) is 71.1 Å². The lowest BCUT2D eigenvalue weighted by Crippen LogP contribution is -2.23. The molecule has 0 aliphatic carbocycles. The van der Waals surface area contributed by atoms with Crippen LogP contribution >= 0.6 is 7.82 Å². The van der Waals surface area contributed by atoms with E-state index in [1.807, 2.05) is 0 Å². The molecule has 0 saturated heterocycles. The molecular weight excluding hydrogens is 433 g/mol. The Morgan fingerprint density at radius 3 is 2.25 bits per heavy atom. The van der Waals surface area contributed by atoms with Crippen molar-refractivity contribution in [3.63, 3.8) is 0 Å². The molecule has 0 aromatic carbocycles. The Morgan fingerprint density at radius 1 is 0.938 bits per heavy atom. The molecular formula is C23H42NO7P. The Kier molecular flexibility index (Phi) is 20.7. The normalized spacial score (nSPS) is 15.0. The first-order chi connectivity index (χ1) is 15.4. The predicted molar refractivity (Wildman–Crippen MR) is 127 cm³/mol. The molecule has 0 heterocycles. The lowest BCUT2D eigenvalue weighted by atomic mass is 10.1. The third-order valence-corrected chi connectivity index (χ3v) is 5.26. The van der Waals surface area contributed by atoms with Crippen molar-refractivity contribution in [2.45, 2.75) is 77.2 Å². The number of carbonyl (C=O) groups is 1. The molecule has 0 spiro atoms. The Labute approximate surface area is 193 Å². The molecule has 0 bridgehead atoms. The van der Waals surface area contributed by atoms with Gasteiger partial charge >= 0.3 is 13.8 Å². The van der Waals surface area contributed by atoms with Crippen molar-refractivity contribution in [3.05, 3.63) is 36.5 Å². The molecule has 0 fully saturated rings. The van der Waals surface area contributed by atoms with Gasteiger partial charge in [0, 0.05) is 13.0 Å². The number of carbonyl (C=O) groups excluding carboxylic acids is 1. The number of rotatable bonds is 21. The molecule has 0 rings (SSSR count). The first-order valence-electron chi connectivity index (χ1n) is 11.5. The number of esters is 1. The fourth-order valence-corrected chi connectivity index (χ4v) is 3.35. The van der Waals surface area contributed by atoms with Gasteiger partial charge in [0.05, 0.1) is 13.2 Å². The standard InChI is InChI=1S/C23H42NO7P/c1-2-3-4-5-6-7-8-9-10-11-12-13-14-15-16-17-23(26)29-20-22(25)21-31-32(27,28)30-19-18-24/h3-4,6-7,9-10,22,25H,2,5,8,11-21,24H2,1H3,(H,27,28)/t22-/m1/s1. The molecule has 0 radical (unpaired) electrons. The largest absolute Gasteiger partial charge is 0.472 e. The average Bonchev–Trinajstić information content (AvgIpc) is 2.77. The fourth-order valence-electron chi connectivity index (χ4n) is 2.58. The number of phosphoric acid groups is 1. The topological polar surface area (TPSA) is 128 Å². The number of phosphoric ester groups is 1. The molecule has 0 aliphatic heterocycles. The van der Waals surface area contributed by atoms with Crippen LogP contribution in [0.4, 0.5) is 0 Å². The van der Waals surface area contributed by atoms with E-state index in [0.717, 1.165) is 57.8 Å². The molecule has 1 unspecified atom stereocenters. The second kappa shape index (κ2) is 21.6. The van der Waals surface area contributed by atoms with E-state index in [-0.39, 0.29) is 26.2 Å². The zero-order valence-electron chi connectivity index (χ0n) is 19.4. The molecule has 8 nitrogen and oxygen atoms in total. The third-order valence-electron chi connectivity index (χ3n) is 4.27. The van der Waals surface area contributed by atoms with Crippen molar-refractivity contribution >= 4 is 13.8 Å². The van der Waals surface area contributed by atoms with Gasteiger partial charge in [-0.25, -0.2) is 4.57 Å². The summed E-state index contributed by atoms with van der Waals surface area (Å²) in [6, 6.07) is 0. The van der Waals surface area contributed by atoms with Crippen molar-refractivity contribution in [1.82, 2.24) is 0 Å². The Balaban J connectivity index is 3.57. The van der Waals surface area contributed by atoms with Crippen molar-refractivity contribution < 1.29 is 33.1 Å². The maximum atomic E-state index is 11.7. The molecule has 0 amide bonds. The summed E-state index contributed by atoms with van der Waals surface area (Å²) in [5, 5.41) is 9.66. The Morgan fingerprint density at radius 2 is 1.56 bits per heavy atom. The maximum absolute atomic E-state index is 11.7. The fraction of sp³-hybridized carbons (Fsp3) is 0.696. The van der Waals surface area contributed by atoms with Crippen LogP contribution in [0.3, 0.4) is 0 Å². The number of allylic oxidation sites excluding steroid dienone is 6. The van der Waals surface area contributed by atoms with Gasteiger partial charge in [-0.3, -0.25) is 13.8 Å². The van der Waals surface area contributed by atoms with Gasteiger partial charge in [0.15, 0.2) is 0 Å². The van der Waals surface area contributed by atoms with Crippen LogP contribution in [0, 0.1) is 0 Å². The average molecular weight is 476 g/mol. The number of unbranched alkanes of at least 4 members (excludes halogenated alkanes) is 5. The minimum atomic E-state index is -4.25. The summed E-state index contributed by atoms with van der Waals surface area (Å²) in [6.45, 7) is 1.29. The number of hydrogen-bond donors (Lipinski definition) is 3. The van der Waals surface area contributed by atoms with Crippen LogP contribution in [-0.2, 0) is 23.1 Å². The summed E-state index contributed by atoms with van der Waals surface area (Å²) in [4.78, 5) is 21.0. The first-order valence-corrected chi connectivity index (χ1v) is 13.0. The van der Waals surface area contributed by atoms with E-state index in [9.17, 15) is 19.4 Å². The number of hydrogen-bond acceptors (Lipinski definition) is 7. The predicted octanol–water partition coefficient (Wildman–Crippen LogP) is 4.57. The van der Waals surface area contributed by atoms with Crippen molar-refractivity contribution in [2.24, 2.45) is 5.73 Å². The zero-order valence-corrected chi connectivity index (χ0v) is 20.3. The number of aliphatic hydroxyl groups excluding tert-OH is 1. The smallest absolute Gasteiger partial charge is 0.463 e. The zero-order chi connectivity index (χ0) is 23.9. The van der Waals surface area contributed by atoms with Gasteiger partial charge in [-0.15, -0.1) is 0 Å². The van der Waals surface area contributed by atoms with Gasteiger partial charge in [0.2, 0.25) is 0 Å². The minimum absolute atomic E-state index is 0.0700. The van der Waals surface area contributed by atoms with Crippen LogP contribution < -0.4 is 5.73 Å². The van der Waals surface area contributed by atoms with Crippen LogP contribution in [-0.4, -0.2) is 48.4 Å². The molecule has 0 aromatic rings. The maximum Gasteiger partial charge on any atom is 0.472 e. The molecule has 9 heteroatoms. The molecule has 0 aliphatic rings. The second-order valence-corrected chi connectivity index (χ2v) is 8.78. The second-order valence-electron chi connectivity index (χ2n) is 7.32. The van der Waals surface area contributed by atoms with Crippen molar-refractivity contribution in [1.29, 1.82) is 0 Å². The Bertz CT molecular complexity index is 593. The highest BCUT2D eigenvalue weighted by Gasteiger charge is 2.22. The van der Waals surface area contributed by atoms with E-state index >= 15 is 0 Å². The SMILES string of the molecule is CCC=CCC=CCC=CCCCCCCCC(=O)OC[C@@H](O)COP(=O)(O)OCCN. The molecule has 0 saturated carbocycles. The lowest BCUT2D eigenvalue weighted by Gasteiger charge is -2.15. The highest BCUT2D eigenvalue weighted by molar-refractivity contribution is 7.47. The van der Waals surface area contributed by atoms with Gasteiger partial charge in [-0.2, -0.15) is 0 Å². The van der Waals surface area contributed by atoms with Crippen LogP contribution in [0.2, 0.25) is 0 Å². The monoisotopic (exact) mass is 475 g/mol. The number of ether oxygens (including phenoxy) is 1. The van der Waals surface area contributed by atoms with Gasteiger partial charge < -0.3 is 20.5 Å². The minimum Gasteiger partial charge on any atom is -0.463 e. The summed E-state index contributed by atoms with van der Waals surface area (Å²) >= 11 is 0. The molecule has 186 valence electrons. The van der Waals surface area contributed by atoms with Gasteiger partial charge in [0.1, 0.15) is 12.7 Å². The lowest BCUT2D eigenvalue weighted by molar-refractivity contribution is -0.147. The van der Waals surface area contributed by atoms with E-state index in [1.165, 1.54) is 0 Å². The molecule has 2 atom stereocenters. The van der Waals surface area contributed by atoms with Gasteiger partial charge in [-0.1, -0.05) is 62.6 Å². The third kappa shape index (κ3) is 21.9. The number of aliphatic hydroxyl groups is 1. The number of nitrogens with two attached hydrogens (primary N) is 1. The van der Waals surface area contributed by atoms with E-state index in [1.54, 1.807) is 0 Å². The van der Waals surface area contributed by atoms with E-state index in [2.05, 4.69) is 52.4 Å². The summed E-state index contributed by atoms with van der Waals surface area (Å²) in [5.74, 6) is -0.406. The van der Waals surface area contributed by atoms with E-state index in [0.29, 0.717) is 0 Å². The Hall–Kier alpha value is -1.28. The van der Waals surface area contributed by atoms with E-state index in [4.69, 9.17) is 10.5 Å². The first kappa shape index (κ1) is 30.7. The summed E-state index contributed by atoms with van der Waals surface area (Å²) in [7, 11) is -4.25.